The monoisotopic (exact) mass is 440 g/mol. The van der Waals surface area contributed by atoms with E-state index >= 15 is 0 Å². The van der Waals surface area contributed by atoms with Crippen LogP contribution in [-0.2, 0) is 9.59 Å². The highest BCUT2D eigenvalue weighted by molar-refractivity contribution is 5.88. The summed E-state index contributed by atoms with van der Waals surface area (Å²) in [4.78, 5) is 26.4. The topological polar surface area (TPSA) is 34.1 Å². The molecule has 0 radical (unpaired) electrons. The summed E-state index contributed by atoms with van der Waals surface area (Å²) in [5.41, 5.74) is 0.777. The van der Waals surface area contributed by atoms with Crippen LogP contribution in [0.1, 0.15) is 120 Å². The van der Waals surface area contributed by atoms with Gasteiger partial charge in [0, 0.05) is 23.2 Å². The largest absolute Gasteiger partial charge is 0.299 e. The Bertz CT molecular complexity index is 853. The molecule has 2 nitrogen and oxygen atoms in total. The zero-order valence-corrected chi connectivity index (χ0v) is 22.2. The van der Waals surface area contributed by atoms with Crippen molar-refractivity contribution in [2.24, 2.45) is 56.2 Å². The molecule has 5 fully saturated rings. The number of carbonyl (C=O) groups is 2. The van der Waals surface area contributed by atoms with Crippen molar-refractivity contribution in [3.05, 3.63) is 0 Å². The van der Waals surface area contributed by atoms with Crippen molar-refractivity contribution in [2.75, 3.05) is 0 Å². The molecule has 8 atom stereocenters. The molecule has 0 aromatic carbocycles. The minimum Gasteiger partial charge on any atom is -0.299 e. The standard InChI is InChI=1S/C30H48O2/c1-25(2)17-18-27(5)19(24(25)32)11-15-29(7)21(27)9-10-22-28(6)14-13-23(31)26(3,4)20(28)12-16-30(22,29)8/h19-22H,9-18H2,1-8H3/t19-,20+,21-,22-,27+,28-,29-,30-/m0/s1. The summed E-state index contributed by atoms with van der Waals surface area (Å²) in [6, 6.07) is 0. The molecule has 0 unspecified atom stereocenters. The number of hydrogen-bond donors (Lipinski definition) is 0. The van der Waals surface area contributed by atoms with Gasteiger partial charge in [-0.25, -0.2) is 0 Å². The second-order valence-corrected chi connectivity index (χ2v) is 15.1. The molecule has 0 heterocycles. The van der Waals surface area contributed by atoms with Crippen molar-refractivity contribution >= 4 is 11.6 Å². The van der Waals surface area contributed by atoms with Crippen LogP contribution in [0.15, 0.2) is 0 Å². The van der Waals surface area contributed by atoms with E-state index in [9.17, 15) is 9.59 Å². The Morgan fingerprint density at radius 2 is 1.16 bits per heavy atom. The van der Waals surface area contributed by atoms with Crippen molar-refractivity contribution in [3.8, 4) is 0 Å². The lowest BCUT2D eigenvalue weighted by atomic mass is 9.31. The fraction of sp³-hybridized carbons (Fsp3) is 0.933. The summed E-state index contributed by atoms with van der Waals surface area (Å²) >= 11 is 0. The van der Waals surface area contributed by atoms with Gasteiger partial charge in [0.25, 0.3) is 0 Å². The average Bonchev–Trinajstić information content (AvgIpc) is 2.69. The fourth-order valence-corrected chi connectivity index (χ4v) is 11.2. The Kier molecular flexibility index (Phi) is 4.70. The number of fused-ring (bicyclic) bond motifs is 7. The van der Waals surface area contributed by atoms with Crippen LogP contribution in [0.2, 0.25) is 0 Å². The first kappa shape index (κ1) is 23.1. The molecule has 0 aromatic heterocycles. The molecule has 0 saturated heterocycles. The van der Waals surface area contributed by atoms with E-state index in [2.05, 4.69) is 55.4 Å². The van der Waals surface area contributed by atoms with E-state index in [-0.39, 0.29) is 27.6 Å². The molecule has 5 saturated carbocycles. The predicted molar refractivity (Wildman–Crippen MR) is 130 cm³/mol. The van der Waals surface area contributed by atoms with Gasteiger partial charge in [-0.1, -0.05) is 55.4 Å². The maximum atomic E-state index is 13.5. The molecule has 5 rings (SSSR count). The molecule has 5 aliphatic carbocycles. The molecule has 0 aromatic rings. The van der Waals surface area contributed by atoms with Crippen LogP contribution in [-0.4, -0.2) is 11.6 Å². The van der Waals surface area contributed by atoms with Crippen molar-refractivity contribution in [3.63, 3.8) is 0 Å². The van der Waals surface area contributed by atoms with Crippen LogP contribution in [0.5, 0.6) is 0 Å². The number of Topliss-reactive ketones (excluding diaryl/α,β-unsaturated/α-hetero) is 2. The second kappa shape index (κ2) is 6.51. The van der Waals surface area contributed by atoms with Gasteiger partial charge in [0.2, 0.25) is 0 Å². The molecule has 0 N–H and O–H groups in total. The SMILES string of the molecule is CC1(C)CC[C@]2(C)[C@@H](CC[C@@]3(C)[C@H]2CC[C@H]2[C@@]4(C)CCC(=O)C(C)(C)[C@H]4CC[C@@]23C)C1=O. The van der Waals surface area contributed by atoms with E-state index in [1.165, 1.54) is 38.5 Å². The number of carbonyl (C=O) groups excluding carboxylic acids is 2. The van der Waals surface area contributed by atoms with Crippen LogP contribution in [0.25, 0.3) is 0 Å². The summed E-state index contributed by atoms with van der Waals surface area (Å²) < 4.78 is 0. The van der Waals surface area contributed by atoms with Gasteiger partial charge in [-0.15, -0.1) is 0 Å². The van der Waals surface area contributed by atoms with Crippen LogP contribution in [0, 0.1) is 56.2 Å². The summed E-state index contributed by atoms with van der Waals surface area (Å²) in [5.74, 6) is 3.22. The Morgan fingerprint density at radius 1 is 0.594 bits per heavy atom. The zero-order valence-electron chi connectivity index (χ0n) is 22.2. The highest BCUT2D eigenvalue weighted by atomic mass is 16.1. The summed E-state index contributed by atoms with van der Waals surface area (Å²) in [6.07, 6.45) is 11.5. The van der Waals surface area contributed by atoms with E-state index in [1.54, 1.807) is 0 Å². The quantitative estimate of drug-likeness (QED) is 0.388. The van der Waals surface area contributed by atoms with E-state index < -0.39 is 0 Å². The lowest BCUT2D eigenvalue weighted by Crippen LogP contribution is -2.68. The third-order valence-corrected chi connectivity index (χ3v) is 13.4. The first-order valence-electron chi connectivity index (χ1n) is 13.7. The van der Waals surface area contributed by atoms with E-state index in [1.807, 2.05) is 0 Å². The maximum Gasteiger partial charge on any atom is 0.142 e. The van der Waals surface area contributed by atoms with Gasteiger partial charge in [0.1, 0.15) is 11.6 Å². The van der Waals surface area contributed by atoms with Gasteiger partial charge < -0.3 is 0 Å². The number of ketones is 2. The van der Waals surface area contributed by atoms with Gasteiger partial charge in [0.05, 0.1) is 0 Å². The van der Waals surface area contributed by atoms with Crippen LogP contribution < -0.4 is 0 Å². The smallest absolute Gasteiger partial charge is 0.142 e. The molecule has 2 heteroatoms. The Morgan fingerprint density at radius 3 is 1.78 bits per heavy atom. The zero-order chi connectivity index (χ0) is 23.5. The molecule has 5 aliphatic rings. The maximum absolute atomic E-state index is 13.5. The van der Waals surface area contributed by atoms with Crippen molar-refractivity contribution in [1.82, 2.24) is 0 Å². The van der Waals surface area contributed by atoms with Crippen molar-refractivity contribution in [1.29, 1.82) is 0 Å². The van der Waals surface area contributed by atoms with Gasteiger partial charge in [-0.2, -0.15) is 0 Å². The third kappa shape index (κ3) is 2.54. The lowest BCUT2D eigenvalue weighted by Gasteiger charge is -2.73. The Balaban J connectivity index is 1.54. The van der Waals surface area contributed by atoms with E-state index in [0.29, 0.717) is 40.2 Å². The second-order valence-electron chi connectivity index (χ2n) is 15.1. The summed E-state index contributed by atoms with van der Waals surface area (Å²) in [6.45, 7) is 19.2. The lowest BCUT2D eigenvalue weighted by molar-refractivity contribution is -0.244. The first-order valence-corrected chi connectivity index (χ1v) is 13.7. The molecular weight excluding hydrogens is 392 g/mol. The fourth-order valence-electron chi connectivity index (χ4n) is 11.2. The minimum absolute atomic E-state index is 0.134. The summed E-state index contributed by atoms with van der Waals surface area (Å²) in [5, 5.41) is 0. The summed E-state index contributed by atoms with van der Waals surface area (Å²) in [7, 11) is 0. The van der Waals surface area contributed by atoms with Crippen LogP contribution in [0.4, 0.5) is 0 Å². The van der Waals surface area contributed by atoms with Gasteiger partial charge >= 0.3 is 0 Å². The molecule has 32 heavy (non-hydrogen) atoms. The van der Waals surface area contributed by atoms with E-state index in [0.717, 1.165) is 25.7 Å². The van der Waals surface area contributed by atoms with Crippen LogP contribution in [0.3, 0.4) is 0 Å². The molecule has 0 aliphatic heterocycles. The van der Waals surface area contributed by atoms with Crippen molar-refractivity contribution < 1.29 is 9.59 Å². The highest BCUT2D eigenvalue weighted by Crippen LogP contribution is 2.77. The third-order valence-electron chi connectivity index (χ3n) is 13.4. The van der Waals surface area contributed by atoms with Gasteiger partial charge in [0.15, 0.2) is 0 Å². The normalized spacial score (nSPS) is 54.1. The number of hydrogen-bond acceptors (Lipinski definition) is 2. The van der Waals surface area contributed by atoms with E-state index in [4.69, 9.17) is 0 Å². The molecule has 180 valence electrons. The molecule has 0 bridgehead atoms. The minimum atomic E-state index is -0.170. The first-order chi connectivity index (χ1) is 14.6. The van der Waals surface area contributed by atoms with Crippen LogP contribution >= 0.6 is 0 Å². The molecular formula is C30H48O2. The highest BCUT2D eigenvalue weighted by Gasteiger charge is 2.71. The Hall–Kier alpha value is -0.660. The van der Waals surface area contributed by atoms with Gasteiger partial charge in [-0.3, -0.25) is 9.59 Å². The van der Waals surface area contributed by atoms with Gasteiger partial charge in [-0.05, 0) is 97.2 Å². The molecule has 0 spiro atoms. The molecule has 0 amide bonds. The van der Waals surface area contributed by atoms with Crippen molar-refractivity contribution in [2.45, 2.75) is 120 Å². The predicted octanol–water partition coefficient (Wildman–Crippen LogP) is 7.64. The Labute approximate surface area is 197 Å². The average molecular weight is 441 g/mol. The number of rotatable bonds is 0.